The zero-order valence-electron chi connectivity index (χ0n) is 8.40. The fourth-order valence-corrected chi connectivity index (χ4v) is 1.28. The standard InChI is InChI=1S/C10H12N2O3/c1-11-7-2-5-10(15-8-3-4-8)9(6-7)12(13)14/h2,5-6,8,11H,3-4H2,1H3. The normalized spacial score (nSPS) is 14.7. The minimum atomic E-state index is -0.418. The molecule has 1 aromatic carbocycles. The molecule has 0 heterocycles. The van der Waals surface area contributed by atoms with Crippen molar-refractivity contribution in [3.8, 4) is 5.75 Å². The van der Waals surface area contributed by atoms with Crippen LogP contribution in [0.25, 0.3) is 0 Å². The lowest BCUT2D eigenvalue weighted by molar-refractivity contribution is -0.385. The number of hydrogen-bond donors (Lipinski definition) is 1. The third-order valence-corrected chi connectivity index (χ3v) is 2.26. The van der Waals surface area contributed by atoms with Gasteiger partial charge in [-0.15, -0.1) is 0 Å². The van der Waals surface area contributed by atoms with E-state index in [1.54, 1.807) is 19.2 Å². The van der Waals surface area contributed by atoms with Gasteiger partial charge >= 0.3 is 5.69 Å². The van der Waals surface area contributed by atoms with Gasteiger partial charge in [0.25, 0.3) is 0 Å². The second kappa shape index (κ2) is 3.76. The predicted octanol–water partition coefficient (Wildman–Crippen LogP) is 2.18. The van der Waals surface area contributed by atoms with Gasteiger partial charge in [-0.2, -0.15) is 0 Å². The Kier molecular flexibility index (Phi) is 2.45. The lowest BCUT2D eigenvalue weighted by Gasteiger charge is -2.06. The van der Waals surface area contributed by atoms with Crippen molar-refractivity contribution < 1.29 is 9.66 Å². The van der Waals surface area contributed by atoms with Crippen molar-refractivity contribution in [2.45, 2.75) is 18.9 Å². The Morgan fingerprint density at radius 2 is 2.27 bits per heavy atom. The predicted molar refractivity (Wildman–Crippen MR) is 56.3 cm³/mol. The quantitative estimate of drug-likeness (QED) is 0.608. The van der Waals surface area contributed by atoms with Gasteiger partial charge in [-0.1, -0.05) is 0 Å². The monoisotopic (exact) mass is 208 g/mol. The summed E-state index contributed by atoms with van der Waals surface area (Å²) in [6, 6.07) is 4.89. The van der Waals surface area contributed by atoms with Gasteiger partial charge in [-0.25, -0.2) is 0 Å². The number of hydrogen-bond acceptors (Lipinski definition) is 4. The average molecular weight is 208 g/mol. The number of benzene rings is 1. The van der Waals surface area contributed by atoms with Gasteiger partial charge in [-0.3, -0.25) is 10.1 Å². The van der Waals surface area contributed by atoms with Crippen molar-refractivity contribution in [2.24, 2.45) is 0 Å². The number of anilines is 1. The van der Waals surface area contributed by atoms with Crippen molar-refractivity contribution in [1.82, 2.24) is 0 Å². The fraction of sp³-hybridized carbons (Fsp3) is 0.400. The number of ether oxygens (including phenoxy) is 1. The summed E-state index contributed by atoms with van der Waals surface area (Å²) in [7, 11) is 1.72. The van der Waals surface area contributed by atoms with Crippen LogP contribution in [0.15, 0.2) is 18.2 Å². The van der Waals surface area contributed by atoms with Gasteiger partial charge in [0.1, 0.15) is 0 Å². The molecule has 2 rings (SSSR count). The molecule has 0 radical (unpaired) electrons. The molecular formula is C10H12N2O3. The summed E-state index contributed by atoms with van der Waals surface area (Å²) in [6.07, 6.45) is 2.15. The fourth-order valence-electron chi connectivity index (χ4n) is 1.28. The number of nitro benzene ring substituents is 1. The van der Waals surface area contributed by atoms with E-state index in [1.165, 1.54) is 6.07 Å². The van der Waals surface area contributed by atoms with E-state index in [4.69, 9.17) is 4.74 Å². The molecule has 5 nitrogen and oxygen atoms in total. The van der Waals surface area contributed by atoms with Gasteiger partial charge in [0.15, 0.2) is 5.75 Å². The molecule has 1 aliphatic rings. The smallest absolute Gasteiger partial charge is 0.312 e. The highest BCUT2D eigenvalue weighted by Crippen LogP contribution is 2.34. The summed E-state index contributed by atoms with van der Waals surface area (Å²) in [5.41, 5.74) is 0.735. The summed E-state index contributed by atoms with van der Waals surface area (Å²) >= 11 is 0. The van der Waals surface area contributed by atoms with Crippen LogP contribution in [0.1, 0.15) is 12.8 Å². The third kappa shape index (κ3) is 2.18. The zero-order chi connectivity index (χ0) is 10.8. The van der Waals surface area contributed by atoms with Crippen molar-refractivity contribution in [1.29, 1.82) is 0 Å². The lowest BCUT2D eigenvalue weighted by Crippen LogP contribution is -2.01. The summed E-state index contributed by atoms with van der Waals surface area (Å²) < 4.78 is 5.45. The Bertz CT molecular complexity index is 388. The first-order chi connectivity index (χ1) is 7.20. The van der Waals surface area contributed by atoms with Crippen LogP contribution < -0.4 is 10.1 Å². The average Bonchev–Trinajstić information content (AvgIpc) is 3.02. The second-order valence-corrected chi connectivity index (χ2v) is 3.51. The maximum Gasteiger partial charge on any atom is 0.312 e. The molecule has 0 bridgehead atoms. The van der Waals surface area contributed by atoms with Gasteiger partial charge in [-0.05, 0) is 25.0 Å². The molecule has 1 fully saturated rings. The first-order valence-corrected chi connectivity index (χ1v) is 4.83. The lowest BCUT2D eigenvalue weighted by atomic mass is 10.2. The molecule has 80 valence electrons. The van der Waals surface area contributed by atoms with Crippen molar-refractivity contribution in [2.75, 3.05) is 12.4 Å². The first kappa shape index (κ1) is 9.76. The number of nitro groups is 1. The van der Waals surface area contributed by atoms with E-state index >= 15 is 0 Å². The molecule has 5 heteroatoms. The van der Waals surface area contributed by atoms with E-state index in [0.29, 0.717) is 11.4 Å². The van der Waals surface area contributed by atoms with Gasteiger partial charge in [0.05, 0.1) is 11.0 Å². The number of nitrogens with zero attached hydrogens (tertiary/aromatic N) is 1. The van der Waals surface area contributed by atoms with Gasteiger partial charge in [0.2, 0.25) is 0 Å². The molecule has 0 aliphatic heterocycles. The van der Waals surface area contributed by atoms with Crippen molar-refractivity contribution >= 4 is 11.4 Å². The Hall–Kier alpha value is -1.78. The largest absolute Gasteiger partial charge is 0.483 e. The van der Waals surface area contributed by atoms with E-state index in [2.05, 4.69) is 5.32 Å². The summed E-state index contributed by atoms with van der Waals surface area (Å²) in [6.45, 7) is 0. The topological polar surface area (TPSA) is 64.4 Å². The van der Waals surface area contributed by atoms with Crippen LogP contribution in [0.3, 0.4) is 0 Å². The van der Waals surface area contributed by atoms with Gasteiger partial charge < -0.3 is 10.1 Å². The molecule has 0 atom stereocenters. The van der Waals surface area contributed by atoms with E-state index in [-0.39, 0.29) is 11.8 Å². The summed E-state index contributed by atoms with van der Waals surface area (Å²) in [5.74, 6) is 0.363. The molecule has 0 unspecified atom stereocenters. The molecule has 0 aromatic heterocycles. The van der Waals surface area contributed by atoms with E-state index in [9.17, 15) is 10.1 Å². The highest BCUT2D eigenvalue weighted by molar-refractivity contribution is 5.58. The summed E-state index contributed by atoms with van der Waals surface area (Å²) in [5, 5.41) is 13.6. The first-order valence-electron chi connectivity index (χ1n) is 4.83. The minimum Gasteiger partial charge on any atom is -0.483 e. The van der Waals surface area contributed by atoms with Crippen LogP contribution in [-0.2, 0) is 0 Å². The molecule has 1 saturated carbocycles. The van der Waals surface area contributed by atoms with E-state index < -0.39 is 4.92 Å². The molecule has 15 heavy (non-hydrogen) atoms. The van der Waals surface area contributed by atoms with Crippen LogP contribution >= 0.6 is 0 Å². The zero-order valence-corrected chi connectivity index (χ0v) is 8.40. The SMILES string of the molecule is CNc1ccc(OC2CC2)c([N+](=O)[O-])c1. The van der Waals surface area contributed by atoms with E-state index in [1.807, 2.05) is 0 Å². The molecule has 0 saturated heterocycles. The minimum absolute atomic E-state index is 0.0220. The van der Waals surface area contributed by atoms with E-state index in [0.717, 1.165) is 12.8 Å². The maximum absolute atomic E-state index is 10.8. The Morgan fingerprint density at radius 3 is 2.80 bits per heavy atom. The Morgan fingerprint density at radius 1 is 1.53 bits per heavy atom. The number of nitrogens with one attached hydrogen (secondary N) is 1. The highest BCUT2D eigenvalue weighted by Gasteiger charge is 2.27. The van der Waals surface area contributed by atoms with Gasteiger partial charge in [0, 0.05) is 18.8 Å². The molecular weight excluding hydrogens is 196 g/mol. The molecule has 0 spiro atoms. The Balaban J connectivity index is 2.29. The van der Waals surface area contributed by atoms with Crippen LogP contribution in [0.5, 0.6) is 5.75 Å². The molecule has 0 amide bonds. The van der Waals surface area contributed by atoms with Crippen LogP contribution in [0.2, 0.25) is 0 Å². The maximum atomic E-state index is 10.8. The Labute approximate surface area is 87.2 Å². The van der Waals surface area contributed by atoms with Crippen molar-refractivity contribution in [3.05, 3.63) is 28.3 Å². The van der Waals surface area contributed by atoms with Crippen molar-refractivity contribution in [3.63, 3.8) is 0 Å². The molecule has 1 aliphatic carbocycles. The third-order valence-electron chi connectivity index (χ3n) is 2.26. The number of rotatable bonds is 4. The van der Waals surface area contributed by atoms with Crippen LogP contribution in [0, 0.1) is 10.1 Å². The van der Waals surface area contributed by atoms with Crippen LogP contribution in [0.4, 0.5) is 11.4 Å². The molecule has 1 N–H and O–H groups in total. The highest BCUT2D eigenvalue weighted by atomic mass is 16.6. The summed E-state index contributed by atoms with van der Waals surface area (Å²) in [4.78, 5) is 10.4. The van der Waals surface area contributed by atoms with Crippen LogP contribution in [-0.4, -0.2) is 18.1 Å². The second-order valence-electron chi connectivity index (χ2n) is 3.51. The molecule has 1 aromatic rings.